The maximum absolute atomic E-state index is 11.0. The Bertz CT molecular complexity index is 486. The van der Waals surface area contributed by atoms with Gasteiger partial charge in [0.2, 0.25) is 0 Å². The molecule has 0 heterocycles. The average Bonchev–Trinajstić information content (AvgIpc) is 2.46. The van der Waals surface area contributed by atoms with E-state index in [9.17, 15) is 9.59 Å². The summed E-state index contributed by atoms with van der Waals surface area (Å²) in [4.78, 5) is 21.6. The van der Waals surface area contributed by atoms with Crippen LogP contribution in [-0.2, 0) is 20.7 Å². The molecule has 1 amide bonds. The van der Waals surface area contributed by atoms with Crippen molar-refractivity contribution >= 4 is 11.9 Å². The van der Waals surface area contributed by atoms with Gasteiger partial charge in [0, 0.05) is 6.61 Å². The van der Waals surface area contributed by atoms with E-state index >= 15 is 0 Å². The number of hydrogen-bond acceptors (Lipinski definition) is 4. The van der Waals surface area contributed by atoms with E-state index < -0.39 is 17.8 Å². The molecule has 0 spiro atoms. The molecule has 6 nitrogen and oxygen atoms in total. The monoisotopic (exact) mass is 309 g/mol. The minimum absolute atomic E-state index is 0.145. The van der Waals surface area contributed by atoms with Crippen LogP contribution in [0.15, 0.2) is 24.3 Å². The minimum Gasteiger partial charge on any atom is -0.484 e. The zero-order valence-corrected chi connectivity index (χ0v) is 13.0. The number of primary amides is 1. The molecule has 6 heteroatoms. The molecule has 1 unspecified atom stereocenters. The molecule has 3 N–H and O–H groups in total. The van der Waals surface area contributed by atoms with Crippen molar-refractivity contribution in [1.29, 1.82) is 0 Å². The van der Waals surface area contributed by atoms with Crippen LogP contribution in [0.4, 0.5) is 0 Å². The number of hydrogen-bond donors (Lipinski definition) is 2. The van der Waals surface area contributed by atoms with Crippen molar-refractivity contribution in [2.45, 2.75) is 32.8 Å². The Morgan fingerprint density at radius 2 is 1.91 bits per heavy atom. The molecule has 0 aliphatic carbocycles. The Hall–Kier alpha value is -2.08. The van der Waals surface area contributed by atoms with Gasteiger partial charge in [-0.3, -0.25) is 9.59 Å². The van der Waals surface area contributed by atoms with Crippen LogP contribution in [0.2, 0.25) is 0 Å². The number of nitrogens with two attached hydrogens (primary N) is 1. The molecule has 0 fully saturated rings. The molecular weight excluding hydrogens is 286 g/mol. The fourth-order valence-electron chi connectivity index (χ4n) is 2.08. The van der Waals surface area contributed by atoms with Crippen molar-refractivity contribution in [3.8, 4) is 5.75 Å². The summed E-state index contributed by atoms with van der Waals surface area (Å²) in [6.45, 7) is 3.95. The van der Waals surface area contributed by atoms with E-state index in [1.807, 2.05) is 19.1 Å². The Morgan fingerprint density at radius 3 is 2.41 bits per heavy atom. The number of carboxylic acids is 1. The number of carboxylic acid groups (broad SMARTS) is 1. The van der Waals surface area contributed by atoms with Crippen LogP contribution in [0.25, 0.3) is 0 Å². The fourth-order valence-corrected chi connectivity index (χ4v) is 2.08. The second-order valence-corrected chi connectivity index (χ2v) is 5.16. The molecule has 0 aromatic heterocycles. The lowest BCUT2D eigenvalue weighted by Gasteiger charge is -2.19. The van der Waals surface area contributed by atoms with Crippen molar-refractivity contribution in [2.24, 2.45) is 11.7 Å². The molecule has 22 heavy (non-hydrogen) atoms. The molecule has 1 aromatic carbocycles. The largest absolute Gasteiger partial charge is 0.484 e. The first-order valence-electron chi connectivity index (χ1n) is 7.26. The van der Waals surface area contributed by atoms with E-state index in [-0.39, 0.29) is 12.7 Å². The molecule has 122 valence electrons. The molecule has 0 bridgehead atoms. The predicted molar refractivity (Wildman–Crippen MR) is 81.7 cm³/mol. The maximum atomic E-state index is 11.0. The van der Waals surface area contributed by atoms with E-state index in [2.05, 4.69) is 0 Å². The van der Waals surface area contributed by atoms with Gasteiger partial charge in [0.05, 0.1) is 12.0 Å². The van der Waals surface area contributed by atoms with Crippen molar-refractivity contribution in [1.82, 2.24) is 0 Å². The summed E-state index contributed by atoms with van der Waals surface area (Å²) < 4.78 is 10.8. The Labute approximate surface area is 130 Å². The fraction of sp³-hybridized carbons (Fsp3) is 0.500. The molecule has 0 saturated heterocycles. The summed E-state index contributed by atoms with van der Waals surface area (Å²) >= 11 is 0. The topological polar surface area (TPSA) is 98.9 Å². The summed E-state index contributed by atoms with van der Waals surface area (Å²) in [7, 11) is 0. The molecule has 2 atom stereocenters. The van der Waals surface area contributed by atoms with Crippen LogP contribution < -0.4 is 10.5 Å². The molecule has 0 radical (unpaired) electrons. The number of rotatable bonds is 10. The Morgan fingerprint density at radius 1 is 1.27 bits per heavy atom. The van der Waals surface area contributed by atoms with Gasteiger partial charge in [0.15, 0.2) is 6.61 Å². The lowest BCUT2D eigenvalue weighted by atomic mass is 9.98. The molecule has 1 aromatic rings. The summed E-state index contributed by atoms with van der Waals surface area (Å²) in [6, 6.07) is 7.24. The van der Waals surface area contributed by atoms with Gasteiger partial charge >= 0.3 is 5.97 Å². The third kappa shape index (κ3) is 6.58. The highest BCUT2D eigenvalue weighted by atomic mass is 16.5. The first-order chi connectivity index (χ1) is 10.4. The van der Waals surface area contributed by atoms with Gasteiger partial charge in [-0.15, -0.1) is 0 Å². The summed E-state index contributed by atoms with van der Waals surface area (Å²) in [6.07, 6.45) is 0.943. The van der Waals surface area contributed by atoms with Gasteiger partial charge in [-0.05, 0) is 37.5 Å². The van der Waals surface area contributed by atoms with Crippen LogP contribution in [0.5, 0.6) is 5.75 Å². The van der Waals surface area contributed by atoms with Gasteiger partial charge in [-0.25, -0.2) is 0 Å². The van der Waals surface area contributed by atoms with Crippen molar-refractivity contribution < 1.29 is 24.2 Å². The Kier molecular flexibility index (Phi) is 7.39. The van der Waals surface area contributed by atoms with Crippen LogP contribution in [0.1, 0.15) is 25.8 Å². The van der Waals surface area contributed by atoms with Crippen LogP contribution >= 0.6 is 0 Å². The maximum Gasteiger partial charge on any atom is 0.306 e. The highest BCUT2D eigenvalue weighted by molar-refractivity contribution is 5.75. The van der Waals surface area contributed by atoms with Gasteiger partial charge in [0.1, 0.15) is 5.75 Å². The lowest BCUT2D eigenvalue weighted by molar-refractivity contribution is -0.142. The quantitative estimate of drug-likeness (QED) is 0.684. The minimum atomic E-state index is -0.820. The van der Waals surface area contributed by atoms with E-state index in [4.69, 9.17) is 20.3 Å². The zero-order chi connectivity index (χ0) is 16.5. The second kappa shape index (κ2) is 9.04. The van der Waals surface area contributed by atoms with E-state index in [1.54, 1.807) is 19.1 Å². The van der Waals surface area contributed by atoms with E-state index in [0.717, 1.165) is 5.56 Å². The standard InChI is InChI=1S/C16H23NO5/c1-3-21-14(8-11(2)16(19)20)9-12-4-6-13(7-5-12)22-10-15(17)18/h4-7,11,14H,3,8-10H2,1-2H3,(H2,17,18)(H,19,20)/t11?,14-/m0/s1. The summed E-state index contributed by atoms with van der Waals surface area (Å²) in [5.74, 6) is -1.23. The van der Waals surface area contributed by atoms with Crippen LogP contribution in [0.3, 0.4) is 0 Å². The van der Waals surface area contributed by atoms with Gasteiger partial charge in [0.25, 0.3) is 5.91 Å². The van der Waals surface area contributed by atoms with Gasteiger partial charge < -0.3 is 20.3 Å². The SMILES string of the molecule is CCO[C@H](Cc1ccc(OCC(N)=O)cc1)CC(C)C(=O)O. The number of amides is 1. The number of aliphatic carboxylic acids is 1. The number of ether oxygens (including phenoxy) is 2. The first kappa shape index (κ1) is 18.0. The van der Waals surface area contributed by atoms with E-state index in [1.165, 1.54) is 0 Å². The normalized spacial score (nSPS) is 13.4. The third-order valence-electron chi connectivity index (χ3n) is 3.21. The predicted octanol–water partition coefficient (Wildman–Crippen LogP) is 1.61. The lowest BCUT2D eigenvalue weighted by Crippen LogP contribution is -2.23. The van der Waals surface area contributed by atoms with Crippen molar-refractivity contribution in [3.63, 3.8) is 0 Å². The first-order valence-corrected chi connectivity index (χ1v) is 7.26. The van der Waals surface area contributed by atoms with Crippen LogP contribution in [-0.4, -0.2) is 36.3 Å². The van der Waals surface area contributed by atoms with Crippen molar-refractivity contribution in [3.05, 3.63) is 29.8 Å². The van der Waals surface area contributed by atoms with Crippen LogP contribution in [0, 0.1) is 5.92 Å². The second-order valence-electron chi connectivity index (χ2n) is 5.16. The smallest absolute Gasteiger partial charge is 0.306 e. The third-order valence-corrected chi connectivity index (χ3v) is 3.21. The van der Waals surface area contributed by atoms with Gasteiger partial charge in [-0.2, -0.15) is 0 Å². The molecule has 0 aliphatic heterocycles. The number of carbonyl (C=O) groups is 2. The molecular formula is C16H23NO5. The Balaban J connectivity index is 2.61. The van der Waals surface area contributed by atoms with Gasteiger partial charge in [-0.1, -0.05) is 19.1 Å². The van der Waals surface area contributed by atoms with Crippen molar-refractivity contribution in [2.75, 3.05) is 13.2 Å². The zero-order valence-electron chi connectivity index (χ0n) is 13.0. The molecule has 0 saturated carbocycles. The summed E-state index contributed by atoms with van der Waals surface area (Å²) in [5, 5.41) is 9.00. The number of benzene rings is 1. The molecule has 1 rings (SSSR count). The highest BCUT2D eigenvalue weighted by Crippen LogP contribution is 2.18. The summed E-state index contributed by atoms with van der Waals surface area (Å²) in [5.41, 5.74) is 6.03. The molecule has 0 aliphatic rings. The highest BCUT2D eigenvalue weighted by Gasteiger charge is 2.19. The average molecular weight is 309 g/mol. The number of carbonyl (C=O) groups excluding carboxylic acids is 1. The van der Waals surface area contributed by atoms with E-state index in [0.29, 0.717) is 25.2 Å².